The van der Waals surface area contributed by atoms with Crippen LogP contribution in [-0.4, -0.2) is 37.5 Å². The Morgan fingerprint density at radius 2 is 1.60 bits per heavy atom. The van der Waals surface area contributed by atoms with E-state index in [2.05, 4.69) is 15.0 Å². The second-order valence-corrected chi connectivity index (χ2v) is 5.26. The average Bonchev–Trinajstić information content (AvgIpc) is 2.64. The largest absolute Gasteiger partial charge is 0.378 e. The summed E-state index contributed by atoms with van der Waals surface area (Å²) in [6, 6.07) is 7.27. The molecule has 5 nitrogen and oxygen atoms in total. The lowest BCUT2D eigenvalue weighted by molar-refractivity contribution is 0.122. The van der Waals surface area contributed by atoms with Gasteiger partial charge in [-0.2, -0.15) is 27.6 Å². The quantitative estimate of drug-likeness (QED) is 0.397. The van der Waals surface area contributed by atoms with E-state index >= 15 is 0 Å². The van der Waals surface area contributed by atoms with Crippen LogP contribution in [0.25, 0.3) is 0 Å². The normalized spacial score (nSPS) is 15.0. The summed E-state index contributed by atoms with van der Waals surface area (Å²) in [5.41, 5.74) is 2.58. The summed E-state index contributed by atoms with van der Waals surface area (Å²) in [5, 5.41) is 3.61. The zero-order valence-electron chi connectivity index (χ0n) is 13.0. The van der Waals surface area contributed by atoms with Crippen LogP contribution in [0.4, 0.5) is 28.9 Å². The number of hydrazone groups is 1. The summed E-state index contributed by atoms with van der Waals surface area (Å²) in [6.45, 7) is 2.94. The molecule has 0 unspecified atom stereocenters. The number of rotatable bonds is 4. The van der Waals surface area contributed by atoms with Crippen molar-refractivity contribution in [3.8, 4) is 0 Å². The lowest BCUT2D eigenvalue weighted by Crippen LogP contribution is -2.36. The lowest BCUT2D eigenvalue weighted by Gasteiger charge is -2.28. The number of pyridine rings is 1. The zero-order valence-corrected chi connectivity index (χ0v) is 13.0. The summed E-state index contributed by atoms with van der Waals surface area (Å²) in [5.74, 6) is -6.77. The van der Waals surface area contributed by atoms with Crippen molar-refractivity contribution in [3.05, 3.63) is 53.4 Å². The minimum Gasteiger partial charge on any atom is -0.378 e. The van der Waals surface area contributed by atoms with Gasteiger partial charge in [-0.15, -0.1) is 0 Å². The number of anilines is 2. The Labute approximate surface area is 140 Å². The second kappa shape index (κ2) is 7.47. The Morgan fingerprint density at radius 1 is 1.00 bits per heavy atom. The van der Waals surface area contributed by atoms with Crippen LogP contribution in [0, 0.1) is 23.5 Å². The monoisotopic (exact) mass is 354 g/mol. The maximum atomic E-state index is 13.4. The summed E-state index contributed by atoms with van der Waals surface area (Å²) in [4.78, 5) is 4.63. The van der Waals surface area contributed by atoms with E-state index in [0.29, 0.717) is 18.8 Å². The van der Waals surface area contributed by atoms with Crippen LogP contribution in [-0.2, 0) is 4.74 Å². The molecule has 0 bridgehead atoms. The highest BCUT2D eigenvalue weighted by Gasteiger charge is 2.20. The SMILES string of the molecule is Fc1nc(F)c(F)c(N/N=C\c2ccc(N3CCOCC3)cc2)c1F. The fraction of sp³-hybridized carbons (Fsp3) is 0.250. The lowest BCUT2D eigenvalue weighted by atomic mass is 10.2. The molecule has 1 N–H and O–H groups in total. The fourth-order valence-corrected chi connectivity index (χ4v) is 2.35. The Morgan fingerprint density at radius 3 is 2.20 bits per heavy atom. The number of ether oxygens (including phenoxy) is 1. The van der Waals surface area contributed by atoms with Crippen LogP contribution in [0.15, 0.2) is 29.4 Å². The van der Waals surface area contributed by atoms with Crippen LogP contribution in [0.2, 0.25) is 0 Å². The molecule has 2 heterocycles. The standard InChI is InChI=1S/C16H14F4N4O/c17-12-14(13(18)16(20)22-15(12)19)23-21-9-10-1-3-11(4-2-10)24-5-7-25-8-6-24/h1-4,9H,5-8H2,(H,22,23)/b21-9-. The molecule has 0 amide bonds. The van der Waals surface area contributed by atoms with Gasteiger partial charge in [-0.05, 0) is 17.7 Å². The number of nitrogens with one attached hydrogen (secondary N) is 1. The molecule has 2 aromatic rings. The Balaban J connectivity index is 1.69. The van der Waals surface area contributed by atoms with Crippen molar-refractivity contribution in [2.24, 2.45) is 5.10 Å². The molecule has 1 aliphatic heterocycles. The van der Waals surface area contributed by atoms with Gasteiger partial charge >= 0.3 is 0 Å². The van der Waals surface area contributed by atoms with Crippen molar-refractivity contribution >= 4 is 17.6 Å². The number of nitrogens with zero attached hydrogens (tertiary/aromatic N) is 3. The van der Waals surface area contributed by atoms with E-state index in [1.165, 1.54) is 6.21 Å². The number of benzene rings is 1. The van der Waals surface area contributed by atoms with Crippen molar-refractivity contribution in [3.63, 3.8) is 0 Å². The molecule has 1 fully saturated rings. The Bertz CT molecular complexity index is 750. The van der Waals surface area contributed by atoms with Crippen molar-refractivity contribution in [1.29, 1.82) is 0 Å². The van der Waals surface area contributed by atoms with Crippen molar-refractivity contribution < 1.29 is 22.3 Å². The van der Waals surface area contributed by atoms with Crippen LogP contribution in [0.3, 0.4) is 0 Å². The van der Waals surface area contributed by atoms with E-state index in [0.717, 1.165) is 18.8 Å². The van der Waals surface area contributed by atoms with Gasteiger partial charge in [-0.25, -0.2) is 0 Å². The smallest absolute Gasteiger partial charge is 0.254 e. The van der Waals surface area contributed by atoms with E-state index in [1.807, 2.05) is 17.6 Å². The first kappa shape index (κ1) is 17.2. The van der Waals surface area contributed by atoms with Crippen molar-refractivity contribution in [2.75, 3.05) is 36.6 Å². The van der Waals surface area contributed by atoms with E-state index in [1.54, 1.807) is 12.1 Å². The van der Waals surface area contributed by atoms with Crippen LogP contribution in [0.5, 0.6) is 0 Å². The molecule has 1 aromatic carbocycles. The van der Waals surface area contributed by atoms with Gasteiger partial charge in [0.05, 0.1) is 19.4 Å². The number of aromatic nitrogens is 1. The van der Waals surface area contributed by atoms with Gasteiger partial charge < -0.3 is 9.64 Å². The van der Waals surface area contributed by atoms with E-state index in [4.69, 9.17) is 4.74 Å². The van der Waals surface area contributed by atoms with Gasteiger partial charge in [0.1, 0.15) is 5.69 Å². The highest BCUT2D eigenvalue weighted by atomic mass is 19.2. The summed E-state index contributed by atoms with van der Waals surface area (Å²) in [6.07, 6.45) is 1.28. The summed E-state index contributed by atoms with van der Waals surface area (Å²) in [7, 11) is 0. The molecule has 0 aliphatic carbocycles. The second-order valence-electron chi connectivity index (χ2n) is 5.26. The molecule has 9 heteroatoms. The molecule has 0 saturated carbocycles. The first-order valence-corrected chi connectivity index (χ1v) is 7.48. The van der Waals surface area contributed by atoms with Crippen LogP contribution in [0.1, 0.15) is 5.56 Å². The Kier molecular flexibility index (Phi) is 5.13. The molecule has 0 atom stereocenters. The average molecular weight is 354 g/mol. The molecular formula is C16H14F4N4O. The maximum absolute atomic E-state index is 13.4. The first-order chi connectivity index (χ1) is 12.1. The minimum atomic E-state index is -1.74. The van der Waals surface area contributed by atoms with Gasteiger partial charge in [0, 0.05) is 18.8 Å². The molecule has 1 aromatic heterocycles. The van der Waals surface area contributed by atoms with Crippen molar-refractivity contribution in [1.82, 2.24) is 4.98 Å². The van der Waals surface area contributed by atoms with Crippen LogP contribution >= 0.6 is 0 Å². The van der Waals surface area contributed by atoms with E-state index < -0.39 is 29.2 Å². The van der Waals surface area contributed by atoms with Crippen LogP contribution < -0.4 is 10.3 Å². The summed E-state index contributed by atoms with van der Waals surface area (Å²) < 4.78 is 58.1. The fourth-order valence-electron chi connectivity index (χ4n) is 2.35. The zero-order chi connectivity index (χ0) is 17.8. The Hall–Kier alpha value is -2.68. The predicted molar refractivity (Wildman–Crippen MR) is 84.8 cm³/mol. The number of hydrogen-bond donors (Lipinski definition) is 1. The highest BCUT2D eigenvalue weighted by molar-refractivity contribution is 5.81. The van der Waals surface area contributed by atoms with Gasteiger partial charge in [0.15, 0.2) is 0 Å². The van der Waals surface area contributed by atoms with Gasteiger partial charge in [-0.3, -0.25) is 5.43 Å². The first-order valence-electron chi connectivity index (χ1n) is 7.48. The van der Waals surface area contributed by atoms with E-state index in [-0.39, 0.29) is 0 Å². The van der Waals surface area contributed by atoms with Gasteiger partial charge in [0.25, 0.3) is 11.9 Å². The van der Waals surface area contributed by atoms with Crippen molar-refractivity contribution in [2.45, 2.75) is 0 Å². The maximum Gasteiger partial charge on any atom is 0.254 e. The molecule has 0 radical (unpaired) electrons. The van der Waals surface area contributed by atoms with Gasteiger partial charge in [-0.1, -0.05) is 12.1 Å². The molecule has 132 valence electrons. The molecular weight excluding hydrogens is 340 g/mol. The molecule has 0 spiro atoms. The number of halogens is 4. The predicted octanol–water partition coefficient (Wildman–Crippen LogP) is 2.92. The number of hydrogen-bond acceptors (Lipinski definition) is 5. The number of morpholine rings is 1. The van der Waals surface area contributed by atoms with E-state index in [9.17, 15) is 17.6 Å². The third-order valence-corrected chi connectivity index (χ3v) is 3.66. The van der Waals surface area contributed by atoms with Gasteiger partial charge in [0.2, 0.25) is 11.6 Å². The minimum absolute atomic E-state index is 0.639. The molecule has 1 saturated heterocycles. The third-order valence-electron chi connectivity index (χ3n) is 3.66. The highest BCUT2D eigenvalue weighted by Crippen LogP contribution is 2.22. The molecule has 25 heavy (non-hydrogen) atoms. The molecule has 3 rings (SSSR count). The topological polar surface area (TPSA) is 49.8 Å². The molecule has 1 aliphatic rings. The third kappa shape index (κ3) is 3.87. The summed E-state index contributed by atoms with van der Waals surface area (Å²) >= 11 is 0.